The van der Waals surface area contributed by atoms with Crippen LogP contribution < -0.4 is 10.2 Å². The van der Waals surface area contributed by atoms with Gasteiger partial charge in [0.05, 0.1) is 23.1 Å². The van der Waals surface area contributed by atoms with Crippen LogP contribution in [0.1, 0.15) is 24.5 Å². The first-order chi connectivity index (χ1) is 12.9. The van der Waals surface area contributed by atoms with Crippen molar-refractivity contribution in [3.8, 4) is 5.75 Å². The molecule has 1 amide bonds. The Labute approximate surface area is 159 Å². The van der Waals surface area contributed by atoms with E-state index in [0.717, 1.165) is 11.1 Å². The maximum absolute atomic E-state index is 12.2. The third-order valence-electron chi connectivity index (χ3n) is 4.45. The van der Waals surface area contributed by atoms with Crippen molar-refractivity contribution in [2.45, 2.75) is 20.0 Å². The second kappa shape index (κ2) is 8.35. The van der Waals surface area contributed by atoms with Crippen LogP contribution >= 0.6 is 0 Å². The first kappa shape index (κ1) is 19.1. The minimum Gasteiger partial charge on any atom is -0.488 e. The Morgan fingerprint density at radius 2 is 1.85 bits per heavy atom. The number of carbonyl (C=O) groups excluding carboxylic acids is 1. The van der Waals surface area contributed by atoms with Gasteiger partial charge in [-0.05, 0) is 31.0 Å². The van der Waals surface area contributed by atoms with Crippen molar-refractivity contribution >= 4 is 21.5 Å². The topological polar surface area (TPSA) is 84.8 Å². The number of hydrogen-bond donors (Lipinski definition) is 1. The molecule has 0 bridgehead atoms. The van der Waals surface area contributed by atoms with Crippen LogP contribution in [0.3, 0.4) is 0 Å². The molecular formula is C20H22N2O4S. The molecule has 0 saturated carbocycles. The molecule has 0 aromatic heterocycles. The number of ether oxygens (including phenoxy) is 1. The smallest absolute Gasteiger partial charge is 0.244 e. The molecule has 0 radical (unpaired) electrons. The fourth-order valence-electron chi connectivity index (χ4n) is 2.92. The molecule has 1 N–H and O–H groups in total. The van der Waals surface area contributed by atoms with E-state index in [4.69, 9.17) is 4.74 Å². The van der Waals surface area contributed by atoms with Gasteiger partial charge in [0.15, 0.2) is 9.84 Å². The molecule has 27 heavy (non-hydrogen) atoms. The molecule has 0 aliphatic carbocycles. The molecular weight excluding hydrogens is 364 g/mol. The van der Waals surface area contributed by atoms with E-state index in [0.29, 0.717) is 24.5 Å². The summed E-state index contributed by atoms with van der Waals surface area (Å²) in [6.45, 7) is 2.20. The van der Waals surface area contributed by atoms with E-state index in [1.54, 1.807) is 6.92 Å². The number of benzene rings is 2. The van der Waals surface area contributed by atoms with Gasteiger partial charge in [-0.25, -0.2) is 13.8 Å². The maximum atomic E-state index is 12.2. The van der Waals surface area contributed by atoms with Gasteiger partial charge in [0.25, 0.3) is 0 Å². The van der Waals surface area contributed by atoms with Crippen LogP contribution in [0.4, 0.5) is 0 Å². The summed E-state index contributed by atoms with van der Waals surface area (Å²) in [5, 5.41) is 4.14. The molecule has 1 saturated heterocycles. The molecule has 0 unspecified atom stereocenters. The van der Waals surface area contributed by atoms with Crippen LogP contribution in [0.5, 0.6) is 5.75 Å². The van der Waals surface area contributed by atoms with E-state index in [2.05, 4.69) is 10.5 Å². The number of amides is 1. The number of hydrazone groups is 1. The fraction of sp³-hybridized carbons (Fsp3) is 0.300. The van der Waals surface area contributed by atoms with Crippen LogP contribution in [0.25, 0.3) is 0 Å². The van der Waals surface area contributed by atoms with Crippen LogP contribution in [-0.4, -0.2) is 31.5 Å². The van der Waals surface area contributed by atoms with E-state index >= 15 is 0 Å². The summed E-state index contributed by atoms with van der Waals surface area (Å²) in [4.78, 5) is 12.2. The maximum Gasteiger partial charge on any atom is 0.244 e. The van der Waals surface area contributed by atoms with E-state index in [1.807, 2.05) is 54.6 Å². The summed E-state index contributed by atoms with van der Waals surface area (Å²) in [6.07, 6.45) is 0.347. The lowest BCUT2D eigenvalue weighted by Crippen LogP contribution is -2.28. The van der Waals surface area contributed by atoms with E-state index in [9.17, 15) is 13.2 Å². The lowest BCUT2D eigenvalue weighted by Gasteiger charge is -2.12. The standard InChI is InChI=1S/C20H22N2O4S/c1-15(21-22-20(23)17-11-12-27(24,25)14-17)18-9-5-6-10-19(18)26-13-16-7-3-2-4-8-16/h2-10,17H,11-14H2,1H3,(H,22,23)/b21-15-/t17-/m0/s1. The number of nitrogens with one attached hydrogen (secondary N) is 1. The number of hydrogen-bond acceptors (Lipinski definition) is 5. The zero-order chi connectivity index (χ0) is 19.3. The van der Waals surface area contributed by atoms with Gasteiger partial charge in [-0.2, -0.15) is 5.10 Å². The van der Waals surface area contributed by atoms with Crippen molar-refractivity contribution in [3.05, 3.63) is 65.7 Å². The number of sulfone groups is 1. The minimum atomic E-state index is -3.10. The van der Waals surface area contributed by atoms with Gasteiger partial charge in [0.2, 0.25) is 5.91 Å². The van der Waals surface area contributed by atoms with Crippen molar-refractivity contribution < 1.29 is 17.9 Å². The third-order valence-corrected chi connectivity index (χ3v) is 6.22. The second-order valence-electron chi connectivity index (χ2n) is 6.54. The first-order valence-electron chi connectivity index (χ1n) is 8.75. The molecule has 1 aliphatic rings. The van der Waals surface area contributed by atoms with Crippen molar-refractivity contribution in [3.63, 3.8) is 0 Å². The minimum absolute atomic E-state index is 0.0595. The Balaban J connectivity index is 1.66. The van der Waals surface area contributed by atoms with Gasteiger partial charge >= 0.3 is 0 Å². The fourth-order valence-corrected chi connectivity index (χ4v) is 4.66. The molecule has 2 aromatic carbocycles. The molecule has 6 nitrogen and oxygen atoms in total. The molecule has 1 heterocycles. The monoisotopic (exact) mass is 386 g/mol. The molecule has 1 atom stereocenters. The van der Waals surface area contributed by atoms with Crippen molar-refractivity contribution in [2.24, 2.45) is 11.0 Å². The summed E-state index contributed by atoms with van der Waals surface area (Å²) in [5.74, 6) is -0.275. The van der Waals surface area contributed by atoms with Crippen molar-refractivity contribution in [1.82, 2.24) is 5.43 Å². The van der Waals surface area contributed by atoms with Crippen molar-refractivity contribution in [2.75, 3.05) is 11.5 Å². The highest BCUT2D eigenvalue weighted by Gasteiger charge is 2.32. The largest absolute Gasteiger partial charge is 0.488 e. The molecule has 142 valence electrons. The molecule has 3 rings (SSSR count). The van der Waals surface area contributed by atoms with Crippen LogP contribution in [0.2, 0.25) is 0 Å². The van der Waals surface area contributed by atoms with Crippen LogP contribution in [0, 0.1) is 5.92 Å². The summed E-state index contributed by atoms with van der Waals surface area (Å²) in [5.41, 5.74) is 4.91. The van der Waals surface area contributed by atoms with E-state index in [-0.39, 0.29) is 17.4 Å². The van der Waals surface area contributed by atoms with Gasteiger partial charge < -0.3 is 4.74 Å². The number of para-hydroxylation sites is 1. The summed E-state index contributed by atoms with van der Waals surface area (Å²) < 4.78 is 28.9. The molecule has 1 fully saturated rings. The molecule has 7 heteroatoms. The van der Waals surface area contributed by atoms with Crippen LogP contribution in [0.15, 0.2) is 59.7 Å². The van der Waals surface area contributed by atoms with Gasteiger partial charge in [-0.3, -0.25) is 4.79 Å². The SMILES string of the molecule is C/C(=N/NC(=O)[C@H]1CCS(=O)(=O)C1)c1ccccc1OCc1ccccc1. The van der Waals surface area contributed by atoms with Crippen molar-refractivity contribution in [1.29, 1.82) is 0 Å². The van der Waals surface area contributed by atoms with Gasteiger partial charge in [-0.1, -0.05) is 42.5 Å². The molecule has 0 spiro atoms. The Morgan fingerprint density at radius 3 is 2.56 bits per heavy atom. The second-order valence-corrected chi connectivity index (χ2v) is 8.77. The Morgan fingerprint density at radius 1 is 1.15 bits per heavy atom. The summed E-state index contributed by atoms with van der Waals surface area (Å²) in [7, 11) is -3.10. The predicted molar refractivity (Wildman–Crippen MR) is 104 cm³/mol. The van der Waals surface area contributed by atoms with Gasteiger partial charge in [0, 0.05) is 5.56 Å². The van der Waals surface area contributed by atoms with Gasteiger partial charge in [-0.15, -0.1) is 0 Å². The van der Waals surface area contributed by atoms with Crippen LogP contribution in [-0.2, 0) is 21.2 Å². The first-order valence-corrected chi connectivity index (χ1v) is 10.6. The summed E-state index contributed by atoms with van der Waals surface area (Å²) >= 11 is 0. The third kappa shape index (κ3) is 5.17. The van der Waals surface area contributed by atoms with Gasteiger partial charge in [0.1, 0.15) is 12.4 Å². The lowest BCUT2D eigenvalue weighted by atomic mass is 10.1. The molecule has 2 aromatic rings. The number of nitrogens with zero attached hydrogens (tertiary/aromatic N) is 1. The predicted octanol–water partition coefficient (Wildman–Crippen LogP) is 2.54. The molecule has 1 aliphatic heterocycles. The average Bonchev–Trinajstić information content (AvgIpc) is 3.05. The number of carbonyl (C=O) groups is 1. The normalized spacial score (nSPS) is 18.9. The Bertz CT molecular complexity index is 939. The Hall–Kier alpha value is -2.67. The summed E-state index contributed by atoms with van der Waals surface area (Å²) in [6, 6.07) is 17.3. The van der Waals surface area contributed by atoms with E-state index in [1.165, 1.54) is 0 Å². The van der Waals surface area contributed by atoms with E-state index < -0.39 is 15.8 Å². The lowest BCUT2D eigenvalue weighted by molar-refractivity contribution is -0.124. The highest BCUT2D eigenvalue weighted by atomic mass is 32.2. The Kier molecular flexibility index (Phi) is 5.91. The average molecular weight is 386 g/mol. The highest BCUT2D eigenvalue weighted by molar-refractivity contribution is 7.91. The highest BCUT2D eigenvalue weighted by Crippen LogP contribution is 2.21. The zero-order valence-electron chi connectivity index (χ0n) is 15.1. The zero-order valence-corrected chi connectivity index (χ0v) is 15.9. The quantitative estimate of drug-likeness (QED) is 0.611. The number of rotatable bonds is 6.